The van der Waals surface area contributed by atoms with Gasteiger partial charge in [-0.1, -0.05) is 60.7 Å². The van der Waals surface area contributed by atoms with Crippen LogP contribution in [0.1, 0.15) is 0 Å². The summed E-state index contributed by atoms with van der Waals surface area (Å²) in [6.45, 7) is 0. The Balaban J connectivity index is 2.49. The molecule has 2 aromatic rings. The fraction of sp³-hybridized carbons (Fsp3) is 0.0769. The summed E-state index contributed by atoms with van der Waals surface area (Å²) in [6.07, 6.45) is 0. The highest BCUT2D eigenvalue weighted by Gasteiger charge is 2.34. The van der Waals surface area contributed by atoms with Crippen molar-refractivity contribution in [2.24, 2.45) is 5.40 Å². The van der Waals surface area contributed by atoms with Gasteiger partial charge in [-0.25, -0.2) is 0 Å². The molecule has 2 aromatic carbocycles. The van der Waals surface area contributed by atoms with E-state index in [1.54, 1.807) is 7.11 Å². The van der Waals surface area contributed by atoms with Crippen molar-refractivity contribution in [1.29, 1.82) is 0 Å². The van der Waals surface area contributed by atoms with Gasteiger partial charge in [0, 0.05) is 7.11 Å². The van der Waals surface area contributed by atoms with Gasteiger partial charge in [-0.2, -0.15) is 0 Å². The van der Waals surface area contributed by atoms with Crippen LogP contribution in [0.2, 0.25) is 0 Å². The fourth-order valence-electron chi connectivity index (χ4n) is 1.77. The van der Waals surface area contributed by atoms with Crippen molar-refractivity contribution in [3.8, 4) is 0 Å². The lowest BCUT2D eigenvalue weighted by Crippen LogP contribution is -2.68. The number of hydrogen-bond acceptors (Lipinski definition) is 2. The standard InChI is InChI=1S/C13H15NOSi/c1-15-16(14,12-8-4-2-5-9-12)13-10-6-3-7-11-13/h2-11H,14H2,1H3. The van der Waals surface area contributed by atoms with Crippen LogP contribution in [0.5, 0.6) is 0 Å². The summed E-state index contributed by atoms with van der Waals surface area (Å²) in [5.41, 5.74) is 0. The van der Waals surface area contributed by atoms with E-state index in [4.69, 9.17) is 9.83 Å². The average Bonchev–Trinajstić information content (AvgIpc) is 2.40. The lowest BCUT2D eigenvalue weighted by atomic mass is 10.4. The molecule has 0 spiro atoms. The van der Waals surface area contributed by atoms with Gasteiger partial charge in [-0.15, -0.1) is 0 Å². The third-order valence-corrected chi connectivity index (χ3v) is 5.75. The van der Waals surface area contributed by atoms with Gasteiger partial charge in [0.25, 0.3) is 0 Å². The monoisotopic (exact) mass is 229 g/mol. The molecule has 0 aliphatic carbocycles. The minimum absolute atomic E-state index is 1.09. The normalized spacial score (nSPS) is 11.4. The summed E-state index contributed by atoms with van der Waals surface area (Å²) in [5.74, 6) is 0. The Labute approximate surface area is 96.9 Å². The molecule has 0 aliphatic rings. The summed E-state index contributed by atoms with van der Waals surface area (Å²) in [5, 5.41) is 8.63. The Hall–Kier alpha value is -1.42. The maximum absolute atomic E-state index is 6.46. The van der Waals surface area contributed by atoms with E-state index in [1.807, 2.05) is 60.7 Å². The second kappa shape index (κ2) is 4.61. The average molecular weight is 229 g/mol. The molecule has 0 unspecified atom stereocenters. The quantitative estimate of drug-likeness (QED) is 0.792. The molecule has 16 heavy (non-hydrogen) atoms. The van der Waals surface area contributed by atoms with Gasteiger partial charge < -0.3 is 9.83 Å². The molecule has 2 rings (SSSR count). The minimum Gasteiger partial charge on any atom is -0.400 e. The zero-order chi connectivity index (χ0) is 11.4. The summed E-state index contributed by atoms with van der Waals surface area (Å²) in [4.78, 5) is 0. The molecule has 0 saturated heterocycles. The van der Waals surface area contributed by atoms with Crippen LogP contribution in [0.4, 0.5) is 0 Å². The van der Waals surface area contributed by atoms with Gasteiger partial charge in [-0.05, 0) is 10.4 Å². The summed E-state index contributed by atoms with van der Waals surface area (Å²) < 4.78 is 5.63. The van der Waals surface area contributed by atoms with Crippen molar-refractivity contribution in [2.75, 3.05) is 7.11 Å². The van der Waals surface area contributed by atoms with Gasteiger partial charge in [0.05, 0.1) is 0 Å². The number of rotatable bonds is 3. The highest BCUT2D eigenvalue weighted by molar-refractivity contribution is 6.95. The van der Waals surface area contributed by atoms with Crippen molar-refractivity contribution >= 4 is 18.9 Å². The smallest absolute Gasteiger partial charge is 0.333 e. The Morgan fingerprint density at radius 2 is 1.19 bits per heavy atom. The van der Waals surface area contributed by atoms with Crippen LogP contribution in [0.3, 0.4) is 0 Å². The molecule has 0 fully saturated rings. The Morgan fingerprint density at radius 1 is 0.812 bits per heavy atom. The highest BCUT2D eigenvalue weighted by atomic mass is 28.4. The van der Waals surface area contributed by atoms with E-state index in [0.717, 1.165) is 10.4 Å². The second-order valence-electron chi connectivity index (χ2n) is 3.67. The topological polar surface area (TPSA) is 35.2 Å². The largest absolute Gasteiger partial charge is 0.400 e. The van der Waals surface area contributed by atoms with E-state index < -0.39 is 8.48 Å². The van der Waals surface area contributed by atoms with Crippen molar-refractivity contribution in [2.45, 2.75) is 0 Å². The van der Waals surface area contributed by atoms with E-state index in [1.165, 1.54) is 0 Å². The molecule has 0 aliphatic heterocycles. The molecule has 0 aromatic heterocycles. The van der Waals surface area contributed by atoms with Crippen molar-refractivity contribution in [1.82, 2.24) is 0 Å². The van der Waals surface area contributed by atoms with E-state index >= 15 is 0 Å². The lowest BCUT2D eigenvalue weighted by Gasteiger charge is -2.25. The van der Waals surface area contributed by atoms with E-state index in [9.17, 15) is 0 Å². The Bertz CT molecular complexity index is 405. The maximum Gasteiger partial charge on any atom is 0.333 e. The molecule has 3 heteroatoms. The first-order valence-electron chi connectivity index (χ1n) is 5.22. The molecule has 2 nitrogen and oxygen atoms in total. The zero-order valence-corrected chi connectivity index (χ0v) is 10.3. The molecule has 0 radical (unpaired) electrons. The van der Waals surface area contributed by atoms with Crippen LogP contribution in [0, 0.1) is 0 Å². The van der Waals surface area contributed by atoms with Gasteiger partial charge in [0.2, 0.25) is 0 Å². The molecule has 0 heterocycles. The summed E-state index contributed by atoms with van der Waals surface area (Å²) >= 11 is 0. The van der Waals surface area contributed by atoms with Crippen LogP contribution in [-0.2, 0) is 4.43 Å². The minimum atomic E-state index is -2.48. The number of nitrogens with two attached hydrogens (primary N) is 1. The van der Waals surface area contributed by atoms with E-state index in [0.29, 0.717) is 0 Å². The van der Waals surface area contributed by atoms with Crippen LogP contribution in [0.25, 0.3) is 0 Å². The molecule has 0 saturated carbocycles. The third-order valence-electron chi connectivity index (χ3n) is 2.73. The summed E-state index contributed by atoms with van der Waals surface area (Å²) in [6, 6.07) is 20.1. The maximum atomic E-state index is 6.46. The molecular formula is C13H15NOSi. The zero-order valence-electron chi connectivity index (χ0n) is 9.26. The predicted molar refractivity (Wildman–Crippen MR) is 69.1 cm³/mol. The van der Waals surface area contributed by atoms with Gasteiger partial charge in [0.1, 0.15) is 0 Å². The first kappa shape index (κ1) is 11.1. The van der Waals surface area contributed by atoms with Gasteiger partial charge in [0.15, 0.2) is 0 Å². The van der Waals surface area contributed by atoms with Gasteiger partial charge in [-0.3, -0.25) is 0 Å². The van der Waals surface area contributed by atoms with Gasteiger partial charge >= 0.3 is 8.48 Å². The van der Waals surface area contributed by atoms with Crippen LogP contribution < -0.4 is 15.8 Å². The SMILES string of the molecule is CO[Si](N)(c1ccccc1)c1ccccc1. The fourth-order valence-corrected chi connectivity index (χ4v) is 3.95. The number of hydrogen-bond donors (Lipinski definition) is 1. The predicted octanol–water partition coefficient (Wildman–Crippen LogP) is 0.848. The highest BCUT2D eigenvalue weighted by Crippen LogP contribution is 1.99. The van der Waals surface area contributed by atoms with E-state index in [-0.39, 0.29) is 0 Å². The van der Waals surface area contributed by atoms with Crippen LogP contribution in [0.15, 0.2) is 60.7 Å². The summed E-state index contributed by atoms with van der Waals surface area (Å²) in [7, 11) is -0.789. The Morgan fingerprint density at radius 3 is 1.50 bits per heavy atom. The van der Waals surface area contributed by atoms with Crippen molar-refractivity contribution < 1.29 is 4.43 Å². The third kappa shape index (κ3) is 1.93. The lowest BCUT2D eigenvalue weighted by molar-refractivity contribution is 0.417. The van der Waals surface area contributed by atoms with Crippen LogP contribution in [-0.4, -0.2) is 15.6 Å². The first-order chi connectivity index (χ1) is 7.77. The molecule has 82 valence electrons. The van der Waals surface area contributed by atoms with E-state index in [2.05, 4.69) is 0 Å². The van der Waals surface area contributed by atoms with Crippen molar-refractivity contribution in [3.05, 3.63) is 60.7 Å². The molecule has 0 atom stereocenters. The molecule has 0 amide bonds. The second-order valence-corrected chi connectivity index (χ2v) is 6.71. The van der Waals surface area contributed by atoms with Crippen LogP contribution >= 0.6 is 0 Å². The molecule has 2 N–H and O–H groups in total. The number of benzene rings is 2. The van der Waals surface area contributed by atoms with Crippen molar-refractivity contribution in [3.63, 3.8) is 0 Å². The Kier molecular flexibility index (Phi) is 3.19. The first-order valence-corrected chi connectivity index (χ1v) is 7.21. The molecule has 0 bridgehead atoms. The molecular weight excluding hydrogens is 214 g/mol.